The molecule has 2 aliphatic rings. The van der Waals surface area contributed by atoms with Gasteiger partial charge in [-0.15, -0.1) is 0 Å². The molecule has 2 fully saturated rings. The summed E-state index contributed by atoms with van der Waals surface area (Å²) in [5.41, 5.74) is 2.34. The predicted molar refractivity (Wildman–Crippen MR) is 46.7 cm³/mol. The molecule has 0 aromatic rings. The molecule has 0 aromatic carbocycles. The van der Waals surface area contributed by atoms with Crippen LogP contribution in [0.2, 0.25) is 0 Å². The van der Waals surface area contributed by atoms with E-state index in [0.29, 0.717) is 10.0 Å². The minimum atomic E-state index is -0.228. The van der Waals surface area contributed by atoms with Crippen molar-refractivity contribution in [3.05, 3.63) is 24.3 Å². The van der Waals surface area contributed by atoms with Gasteiger partial charge < -0.3 is 0 Å². The number of hydrogen-bond acceptors (Lipinski definition) is 2. The summed E-state index contributed by atoms with van der Waals surface area (Å²) in [4.78, 5) is 0. The molecule has 0 radical (unpaired) electrons. The van der Waals surface area contributed by atoms with Gasteiger partial charge in [-0.05, 0) is 0 Å². The zero-order chi connectivity index (χ0) is 9.42. The van der Waals surface area contributed by atoms with Crippen LogP contribution in [0, 0.1) is 0 Å². The summed E-state index contributed by atoms with van der Waals surface area (Å²) < 4.78 is 11.9. The molecule has 0 amide bonds. The average molecular weight is 293 g/mol. The van der Waals surface area contributed by atoms with Crippen molar-refractivity contribution in [2.75, 3.05) is 0 Å². The third kappa shape index (κ3) is 1.69. The summed E-state index contributed by atoms with van der Waals surface area (Å²) in [5, 5.41) is 0. The summed E-state index contributed by atoms with van der Waals surface area (Å²) >= 11 is -0.228. The van der Waals surface area contributed by atoms with E-state index in [1.165, 1.54) is 5.57 Å². The fraction of sp³-hybridized carbons (Fsp3) is 0.600. The molecule has 3 atom stereocenters. The van der Waals surface area contributed by atoms with Crippen molar-refractivity contribution in [2.45, 2.75) is 36.1 Å². The van der Waals surface area contributed by atoms with Crippen molar-refractivity contribution in [3.63, 3.8) is 0 Å². The monoisotopic (exact) mass is 293 g/mol. The third-order valence-electron chi connectivity index (χ3n) is 2.47. The van der Waals surface area contributed by atoms with Crippen molar-refractivity contribution in [2.24, 2.45) is 0 Å². The molecule has 1 saturated carbocycles. The molecule has 1 saturated heterocycles. The van der Waals surface area contributed by atoms with Gasteiger partial charge in [-0.3, -0.25) is 0 Å². The Labute approximate surface area is 89.8 Å². The maximum absolute atomic E-state index is 5.78. The van der Waals surface area contributed by atoms with Crippen LogP contribution in [-0.2, 0) is 7.80 Å². The van der Waals surface area contributed by atoms with Crippen molar-refractivity contribution in [1.29, 1.82) is 0 Å². The molecule has 13 heavy (non-hydrogen) atoms. The van der Waals surface area contributed by atoms with Gasteiger partial charge >= 0.3 is 89.8 Å². The van der Waals surface area contributed by atoms with Gasteiger partial charge in [0.2, 0.25) is 0 Å². The molecule has 1 aliphatic heterocycles. The van der Waals surface area contributed by atoms with E-state index in [1.807, 2.05) is 0 Å². The third-order valence-corrected chi connectivity index (χ3v) is 5.43. The van der Waals surface area contributed by atoms with E-state index in [1.54, 1.807) is 0 Å². The molecular formula is C10H14IO2-. The minimum absolute atomic E-state index is 0.0350. The van der Waals surface area contributed by atoms with E-state index >= 15 is 0 Å². The Balaban J connectivity index is 2.07. The second-order valence-electron chi connectivity index (χ2n) is 3.43. The van der Waals surface area contributed by atoms with Crippen molar-refractivity contribution in [3.8, 4) is 0 Å². The van der Waals surface area contributed by atoms with Crippen molar-refractivity contribution < 1.29 is 29.4 Å². The quantitative estimate of drug-likeness (QED) is 0.457. The summed E-state index contributed by atoms with van der Waals surface area (Å²) in [6.45, 7) is 10.1. The predicted octanol–water partition coefficient (Wildman–Crippen LogP) is -0.973. The molecule has 2 nitrogen and oxygen atoms in total. The number of hydrogen-bond donors (Lipinski definition) is 0. The fourth-order valence-corrected chi connectivity index (χ4v) is 4.23. The molecule has 3 heteroatoms. The number of ether oxygens (including phenoxy) is 1. The molecule has 1 aliphatic carbocycles. The van der Waals surface area contributed by atoms with Crippen molar-refractivity contribution in [1.82, 2.24) is 0 Å². The Bertz CT molecular complexity index is 249. The van der Waals surface area contributed by atoms with Crippen LogP contribution in [0.4, 0.5) is 0 Å². The van der Waals surface area contributed by atoms with E-state index in [0.717, 1.165) is 18.4 Å². The molecule has 2 rings (SSSR count). The Morgan fingerprint density at radius 1 is 1.54 bits per heavy atom. The topological polar surface area (TPSA) is 18.5 Å². The Morgan fingerprint density at radius 2 is 2.31 bits per heavy atom. The van der Waals surface area contributed by atoms with Gasteiger partial charge in [-0.25, -0.2) is 0 Å². The normalized spacial score (nSPS) is 39.9. The SMILES string of the molecule is C=C1C[C@@H]2OC(CC)O[I-][C@H]2C1=C. The number of fused-ring (bicyclic) bond motifs is 1. The van der Waals surface area contributed by atoms with Gasteiger partial charge in [0.25, 0.3) is 0 Å². The van der Waals surface area contributed by atoms with Crippen LogP contribution in [0.15, 0.2) is 24.3 Å². The number of rotatable bonds is 1. The Kier molecular flexibility index (Phi) is 2.76. The summed E-state index contributed by atoms with van der Waals surface area (Å²) in [7, 11) is 0. The van der Waals surface area contributed by atoms with Gasteiger partial charge in [-0.2, -0.15) is 0 Å². The zero-order valence-electron chi connectivity index (χ0n) is 7.75. The van der Waals surface area contributed by atoms with Crippen LogP contribution in [0.5, 0.6) is 0 Å². The van der Waals surface area contributed by atoms with Crippen LogP contribution in [0.25, 0.3) is 0 Å². The molecule has 0 spiro atoms. The van der Waals surface area contributed by atoms with Gasteiger partial charge in [0.05, 0.1) is 0 Å². The first kappa shape index (κ1) is 9.68. The van der Waals surface area contributed by atoms with Gasteiger partial charge in [0.1, 0.15) is 0 Å². The van der Waals surface area contributed by atoms with Gasteiger partial charge in [0, 0.05) is 0 Å². The molecule has 0 bridgehead atoms. The first-order valence-electron chi connectivity index (χ1n) is 4.54. The molecule has 1 heterocycles. The summed E-state index contributed by atoms with van der Waals surface area (Å²) in [6, 6.07) is 0. The molecule has 74 valence electrons. The van der Waals surface area contributed by atoms with E-state index in [9.17, 15) is 0 Å². The Morgan fingerprint density at radius 3 is 3.00 bits per heavy atom. The van der Waals surface area contributed by atoms with Crippen LogP contribution < -0.4 is 21.6 Å². The van der Waals surface area contributed by atoms with E-state index in [4.69, 9.17) is 7.80 Å². The van der Waals surface area contributed by atoms with Crippen LogP contribution in [-0.4, -0.2) is 16.3 Å². The van der Waals surface area contributed by atoms with Gasteiger partial charge in [0.15, 0.2) is 0 Å². The number of halogens is 1. The summed E-state index contributed by atoms with van der Waals surface area (Å²) in [5.74, 6) is 0. The Hall–Kier alpha value is 0.130. The second-order valence-corrected chi connectivity index (χ2v) is 5.78. The number of alkyl halides is 1. The fourth-order valence-electron chi connectivity index (χ4n) is 1.61. The van der Waals surface area contributed by atoms with E-state index in [2.05, 4.69) is 20.1 Å². The second kappa shape index (κ2) is 3.71. The van der Waals surface area contributed by atoms with E-state index < -0.39 is 0 Å². The van der Waals surface area contributed by atoms with E-state index in [-0.39, 0.29) is 27.9 Å². The first-order chi connectivity index (χ1) is 6.22. The summed E-state index contributed by atoms with van der Waals surface area (Å²) in [6.07, 6.45) is 2.27. The van der Waals surface area contributed by atoms with Gasteiger partial charge in [-0.1, -0.05) is 0 Å². The van der Waals surface area contributed by atoms with Crippen LogP contribution >= 0.6 is 0 Å². The van der Waals surface area contributed by atoms with Crippen molar-refractivity contribution >= 4 is 0 Å². The van der Waals surface area contributed by atoms with Crippen LogP contribution in [0.3, 0.4) is 0 Å². The standard InChI is InChI=1S/C10H14IO2/c1-4-9-12-8-5-6(2)7(3)10(8)11-13-9/h8-10H,2-5H2,1H3/q-1/t8-,9?,10-/m0/s1. The maximum atomic E-state index is 5.78. The molecular weight excluding hydrogens is 279 g/mol. The molecule has 0 N–H and O–H groups in total. The van der Waals surface area contributed by atoms with Crippen LogP contribution in [0.1, 0.15) is 19.8 Å². The first-order valence-corrected chi connectivity index (χ1v) is 6.66. The average Bonchev–Trinajstić information content (AvgIpc) is 2.42. The molecule has 0 aromatic heterocycles. The zero-order valence-corrected chi connectivity index (χ0v) is 9.91. The molecule has 1 unspecified atom stereocenters.